The lowest BCUT2D eigenvalue weighted by Crippen LogP contribution is -2.37. The SMILES string of the molecule is COc1cccc(Cl)c1CNC(C)C(C)(C)C. The zero-order valence-electron chi connectivity index (χ0n) is 11.3. The van der Waals surface area contributed by atoms with Crippen molar-refractivity contribution in [3.05, 3.63) is 28.8 Å². The third-order valence-corrected chi connectivity index (χ3v) is 3.53. The molecule has 17 heavy (non-hydrogen) atoms. The van der Waals surface area contributed by atoms with E-state index in [1.165, 1.54) is 0 Å². The Morgan fingerprint density at radius 3 is 2.53 bits per heavy atom. The van der Waals surface area contributed by atoms with E-state index in [4.69, 9.17) is 16.3 Å². The molecule has 0 amide bonds. The molecule has 0 saturated carbocycles. The maximum atomic E-state index is 6.19. The van der Waals surface area contributed by atoms with E-state index in [1.807, 2.05) is 18.2 Å². The molecule has 0 aliphatic carbocycles. The summed E-state index contributed by atoms with van der Waals surface area (Å²) in [6.45, 7) is 9.56. The molecule has 0 radical (unpaired) electrons. The van der Waals surface area contributed by atoms with Crippen LogP contribution in [0.15, 0.2) is 18.2 Å². The molecule has 2 nitrogen and oxygen atoms in total. The monoisotopic (exact) mass is 255 g/mol. The first-order valence-electron chi connectivity index (χ1n) is 5.91. The molecule has 1 rings (SSSR count). The van der Waals surface area contributed by atoms with Gasteiger partial charge in [-0.15, -0.1) is 0 Å². The van der Waals surface area contributed by atoms with Crippen LogP contribution >= 0.6 is 11.6 Å². The summed E-state index contributed by atoms with van der Waals surface area (Å²) < 4.78 is 5.32. The molecule has 0 aliphatic heterocycles. The Bertz CT molecular complexity index is 371. The van der Waals surface area contributed by atoms with Gasteiger partial charge in [-0.3, -0.25) is 0 Å². The average Bonchev–Trinajstić information content (AvgIpc) is 2.25. The van der Waals surface area contributed by atoms with E-state index >= 15 is 0 Å². The Morgan fingerprint density at radius 2 is 2.00 bits per heavy atom. The van der Waals surface area contributed by atoms with Gasteiger partial charge < -0.3 is 10.1 Å². The van der Waals surface area contributed by atoms with Gasteiger partial charge in [-0.2, -0.15) is 0 Å². The highest BCUT2D eigenvalue weighted by molar-refractivity contribution is 6.31. The first-order valence-corrected chi connectivity index (χ1v) is 6.29. The molecule has 0 bridgehead atoms. The highest BCUT2D eigenvalue weighted by atomic mass is 35.5. The normalized spacial score (nSPS) is 13.5. The zero-order valence-corrected chi connectivity index (χ0v) is 12.1. The van der Waals surface area contributed by atoms with E-state index < -0.39 is 0 Å². The van der Waals surface area contributed by atoms with Crippen LogP contribution < -0.4 is 10.1 Å². The van der Waals surface area contributed by atoms with Crippen molar-refractivity contribution in [1.29, 1.82) is 0 Å². The highest BCUT2D eigenvalue weighted by Gasteiger charge is 2.20. The van der Waals surface area contributed by atoms with Crippen molar-refractivity contribution in [2.75, 3.05) is 7.11 Å². The van der Waals surface area contributed by atoms with Crippen molar-refractivity contribution in [2.24, 2.45) is 5.41 Å². The Kier molecular flexibility index (Phi) is 4.84. The summed E-state index contributed by atoms with van der Waals surface area (Å²) >= 11 is 6.19. The van der Waals surface area contributed by atoms with Crippen LogP contribution in [0.3, 0.4) is 0 Å². The fraction of sp³-hybridized carbons (Fsp3) is 0.571. The topological polar surface area (TPSA) is 21.3 Å². The third kappa shape index (κ3) is 3.90. The van der Waals surface area contributed by atoms with E-state index in [0.29, 0.717) is 6.04 Å². The molecule has 0 fully saturated rings. The number of benzene rings is 1. The summed E-state index contributed by atoms with van der Waals surface area (Å²) in [5.41, 5.74) is 1.25. The minimum absolute atomic E-state index is 0.231. The van der Waals surface area contributed by atoms with Crippen molar-refractivity contribution in [1.82, 2.24) is 5.32 Å². The summed E-state index contributed by atoms with van der Waals surface area (Å²) in [4.78, 5) is 0. The van der Waals surface area contributed by atoms with Crippen LogP contribution in [0.2, 0.25) is 5.02 Å². The molecule has 0 saturated heterocycles. The van der Waals surface area contributed by atoms with Crippen LogP contribution in [0, 0.1) is 5.41 Å². The Labute approximate surface area is 109 Å². The van der Waals surface area contributed by atoms with E-state index in [0.717, 1.165) is 22.9 Å². The predicted molar refractivity (Wildman–Crippen MR) is 73.8 cm³/mol. The molecule has 1 aromatic carbocycles. The second-order valence-corrected chi connectivity index (χ2v) is 5.80. The number of ether oxygens (including phenoxy) is 1. The van der Waals surface area contributed by atoms with Gasteiger partial charge in [0.1, 0.15) is 5.75 Å². The highest BCUT2D eigenvalue weighted by Crippen LogP contribution is 2.27. The lowest BCUT2D eigenvalue weighted by molar-refractivity contribution is 0.283. The van der Waals surface area contributed by atoms with Crippen molar-refractivity contribution in [2.45, 2.75) is 40.3 Å². The standard InChI is InChI=1S/C14H22ClNO/c1-10(14(2,3)4)16-9-11-12(15)7-6-8-13(11)17-5/h6-8,10,16H,9H2,1-5H3. The molecule has 3 heteroatoms. The maximum absolute atomic E-state index is 6.19. The van der Waals surface area contributed by atoms with Crippen LogP contribution in [0.4, 0.5) is 0 Å². The quantitative estimate of drug-likeness (QED) is 0.882. The summed E-state index contributed by atoms with van der Waals surface area (Å²) in [6.07, 6.45) is 0. The Balaban J connectivity index is 2.76. The third-order valence-electron chi connectivity index (χ3n) is 3.18. The Hall–Kier alpha value is -0.730. The van der Waals surface area contributed by atoms with E-state index in [9.17, 15) is 0 Å². The first-order chi connectivity index (χ1) is 7.86. The van der Waals surface area contributed by atoms with Gasteiger partial charge in [0.2, 0.25) is 0 Å². The van der Waals surface area contributed by atoms with Crippen molar-refractivity contribution < 1.29 is 4.74 Å². The van der Waals surface area contributed by atoms with Crippen LogP contribution in [0.5, 0.6) is 5.75 Å². The fourth-order valence-corrected chi connectivity index (χ4v) is 1.70. The van der Waals surface area contributed by atoms with Crippen molar-refractivity contribution >= 4 is 11.6 Å². The smallest absolute Gasteiger partial charge is 0.124 e. The van der Waals surface area contributed by atoms with Crippen LogP contribution in [0.1, 0.15) is 33.3 Å². The van der Waals surface area contributed by atoms with Crippen molar-refractivity contribution in [3.63, 3.8) is 0 Å². The summed E-state index contributed by atoms with van der Waals surface area (Å²) in [7, 11) is 1.67. The summed E-state index contributed by atoms with van der Waals surface area (Å²) in [5.74, 6) is 0.839. The fourth-order valence-electron chi connectivity index (χ4n) is 1.46. The van der Waals surface area contributed by atoms with Gasteiger partial charge in [0, 0.05) is 23.2 Å². The van der Waals surface area contributed by atoms with Gasteiger partial charge in [0.15, 0.2) is 0 Å². The average molecular weight is 256 g/mol. The molecule has 1 atom stereocenters. The number of nitrogens with one attached hydrogen (secondary N) is 1. The number of halogens is 1. The van der Waals surface area contributed by atoms with Gasteiger partial charge in [0.05, 0.1) is 7.11 Å². The lowest BCUT2D eigenvalue weighted by Gasteiger charge is -2.28. The second-order valence-electron chi connectivity index (χ2n) is 5.39. The minimum atomic E-state index is 0.231. The molecule has 0 spiro atoms. The molecule has 0 aromatic heterocycles. The number of methoxy groups -OCH3 is 1. The molecule has 1 N–H and O–H groups in total. The molecule has 96 valence electrons. The second kappa shape index (κ2) is 5.74. The van der Waals surface area contributed by atoms with E-state index in [2.05, 4.69) is 33.0 Å². The predicted octanol–water partition coefficient (Wildman–Crippen LogP) is 3.87. The summed E-state index contributed by atoms with van der Waals surface area (Å²) in [5, 5.41) is 4.24. The van der Waals surface area contributed by atoms with Gasteiger partial charge in [-0.05, 0) is 24.5 Å². The van der Waals surface area contributed by atoms with Crippen molar-refractivity contribution in [3.8, 4) is 5.75 Å². The van der Waals surface area contributed by atoms with Crippen LogP contribution in [-0.2, 0) is 6.54 Å². The molecule has 1 aromatic rings. The maximum Gasteiger partial charge on any atom is 0.124 e. The minimum Gasteiger partial charge on any atom is -0.496 e. The molecule has 0 heterocycles. The zero-order chi connectivity index (χ0) is 13.1. The molecular formula is C14H22ClNO. The van der Waals surface area contributed by atoms with E-state index in [-0.39, 0.29) is 5.41 Å². The van der Waals surface area contributed by atoms with Gasteiger partial charge >= 0.3 is 0 Å². The first kappa shape index (κ1) is 14.3. The van der Waals surface area contributed by atoms with E-state index in [1.54, 1.807) is 7.11 Å². The largest absolute Gasteiger partial charge is 0.496 e. The van der Waals surface area contributed by atoms with Gasteiger partial charge in [-0.1, -0.05) is 38.4 Å². The molecule has 0 aliphatic rings. The van der Waals surface area contributed by atoms with Gasteiger partial charge in [-0.25, -0.2) is 0 Å². The molecular weight excluding hydrogens is 234 g/mol. The van der Waals surface area contributed by atoms with Crippen LogP contribution in [-0.4, -0.2) is 13.2 Å². The number of rotatable bonds is 4. The molecule has 1 unspecified atom stereocenters. The van der Waals surface area contributed by atoms with Gasteiger partial charge in [0.25, 0.3) is 0 Å². The number of hydrogen-bond acceptors (Lipinski definition) is 2. The van der Waals surface area contributed by atoms with Crippen LogP contribution in [0.25, 0.3) is 0 Å². The Morgan fingerprint density at radius 1 is 1.35 bits per heavy atom. The summed E-state index contributed by atoms with van der Waals surface area (Å²) in [6, 6.07) is 6.13. The lowest BCUT2D eigenvalue weighted by atomic mass is 9.88. The number of hydrogen-bond donors (Lipinski definition) is 1.